The van der Waals surface area contributed by atoms with Crippen molar-refractivity contribution in [3.63, 3.8) is 0 Å². The van der Waals surface area contributed by atoms with Gasteiger partial charge in [0.25, 0.3) is 5.91 Å². The molecule has 0 unspecified atom stereocenters. The SMILES string of the molecule is Cc1ccc(Cn2c(N)c(C(=O)NCc3cccs3)c3nc4ccccc4nc32)cc1. The second kappa shape index (κ2) is 7.85. The maximum Gasteiger partial charge on any atom is 0.257 e. The number of amides is 1. The highest BCUT2D eigenvalue weighted by Gasteiger charge is 2.24. The van der Waals surface area contributed by atoms with Crippen LogP contribution in [0.25, 0.3) is 22.2 Å². The summed E-state index contributed by atoms with van der Waals surface area (Å²) in [6, 6.07) is 19.8. The molecule has 0 spiro atoms. The molecule has 0 aliphatic heterocycles. The number of fused-ring (bicyclic) bond motifs is 2. The van der Waals surface area contributed by atoms with Gasteiger partial charge < -0.3 is 15.6 Å². The fourth-order valence-corrected chi connectivity index (χ4v) is 4.29. The molecule has 0 saturated heterocycles. The average molecular weight is 428 g/mol. The molecule has 6 nitrogen and oxygen atoms in total. The van der Waals surface area contributed by atoms with Crippen LogP contribution in [0.5, 0.6) is 0 Å². The topological polar surface area (TPSA) is 85.8 Å². The van der Waals surface area contributed by atoms with Crippen molar-refractivity contribution in [3.8, 4) is 0 Å². The molecule has 0 radical (unpaired) electrons. The summed E-state index contributed by atoms with van der Waals surface area (Å²) in [6.07, 6.45) is 0. The summed E-state index contributed by atoms with van der Waals surface area (Å²) < 4.78 is 1.87. The Hall–Kier alpha value is -3.71. The van der Waals surface area contributed by atoms with Crippen molar-refractivity contribution in [1.82, 2.24) is 19.9 Å². The van der Waals surface area contributed by atoms with Gasteiger partial charge in [0.05, 0.1) is 24.1 Å². The standard InChI is InChI=1S/C24H21N5OS/c1-15-8-10-16(11-9-15)14-29-22(25)20(24(30)26-13-17-5-4-12-31-17)21-23(29)28-19-7-3-2-6-18(19)27-21/h2-12H,13-14,25H2,1H3,(H,26,30). The number of nitrogen functional groups attached to an aromatic ring is 1. The molecule has 0 aliphatic carbocycles. The van der Waals surface area contributed by atoms with E-state index in [0.717, 1.165) is 21.5 Å². The number of benzene rings is 2. The van der Waals surface area contributed by atoms with Gasteiger partial charge in [0.15, 0.2) is 5.65 Å². The van der Waals surface area contributed by atoms with E-state index < -0.39 is 0 Å². The largest absolute Gasteiger partial charge is 0.384 e. The Morgan fingerprint density at radius 2 is 1.77 bits per heavy atom. The minimum absolute atomic E-state index is 0.247. The smallest absolute Gasteiger partial charge is 0.257 e. The lowest BCUT2D eigenvalue weighted by atomic mass is 10.1. The first kappa shape index (κ1) is 19.3. The number of nitrogens with zero attached hydrogens (tertiary/aromatic N) is 3. The number of nitrogens with one attached hydrogen (secondary N) is 1. The Kier molecular flexibility index (Phi) is 4.88. The van der Waals surface area contributed by atoms with E-state index in [0.29, 0.717) is 35.6 Å². The van der Waals surface area contributed by atoms with Crippen LogP contribution in [0.15, 0.2) is 66.0 Å². The number of rotatable bonds is 5. The molecular weight excluding hydrogens is 406 g/mol. The zero-order valence-electron chi connectivity index (χ0n) is 17.0. The Bertz CT molecular complexity index is 1390. The van der Waals surface area contributed by atoms with Crippen LogP contribution in [0.3, 0.4) is 0 Å². The first-order valence-corrected chi connectivity index (χ1v) is 10.9. The van der Waals surface area contributed by atoms with Crippen LogP contribution in [-0.4, -0.2) is 20.4 Å². The van der Waals surface area contributed by atoms with Crippen molar-refractivity contribution < 1.29 is 4.79 Å². The second-order valence-electron chi connectivity index (χ2n) is 7.48. The number of nitrogens with two attached hydrogens (primary N) is 1. The first-order valence-electron chi connectivity index (χ1n) is 10.0. The summed E-state index contributed by atoms with van der Waals surface area (Å²) in [5.41, 5.74) is 11.8. The fourth-order valence-electron chi connectivity index (χ4n) is 3.65. The number of para-hydroxylation sites is 2. The lowest BCUT2D eigenvalue weighted by Crippen LogP contribution is -2.23. The van der Waals surface area contributed by atoms with Crippen LogP contribution in [0, 0.1) is 6.92 Å². The van der Waals surface area contributed by atoms with Crippen LogP contribution in [-0.2, 0) is 13.1 Å². The molecule has 0 aliphatic rings. The van der Waals surface area contributed by atoms with Crippen molar-refractivity contribution in [2.75, 3.05) is 5.73 Å². The molecule has 0 saturated carbocycles. The van der Waals surface area contributed by atoms with Crippen LogP contribution in [0.1, 0.15) is 26.4 Å². The van der Waals surface area contributed by atoms with E-state index in [4.69, 9.17) is 15.7 Å². The molecule has 31 heavy (non-hydrogen) atoms. The van der Waals surface area contributed by atoms with Gasteiger partial charge in [-0.2, -0.15) is 0 Å². The quantitative estimate of drug-likeness (QED) is 0.432. The molecule has 1 amide bonds. The third-order valence-corrected chi connectivity index (χ3v) is 6.16. The number of thiophene rings is 1. The highest BCUT2D eigenvalue weighted by Crippen LogP contribution is 2.29. The minimum atomic E-state index is -0.247. The van der Waals surface area contributed by atoms with Crippen LogP contribution in [0.4, 0.5) is 5.82 Å². The van der Waals surface area contributed by atoms with E-state index in [1.54, 1.807) is 11.3 Å². The Morgan fingerprint density at radius 3 is 2.48 bits per heavy atom. The van der Waals surface area contributed by atoms with E-state index in [-0.39, 0.29) is 5.91 Å². The molecule has 0 atom stereocenters. The maximum atomic E-state index is 13.2. The third-order valence-electron chi connectivity index (χ3n) is 5.28. The lowest BCUT2D eigenvalue weighted by Gasteiger charge is -2.09. The maximum absolute atomic E-state index is 13.2. The predicted octanol–water partition coefficient (Wildman–Crippen LogP) is 4.51. The Morgan fingerprint density at radius 1 is 1.03 bits per heavy atom. The van der Waals surface area contributed by atoms with Gasteiger partial charge in [-0.1, -0.05) is 48.0 Å². The summed E-state index contributed by atoms with van der Waals surface area (Å²) in [4.78, 5) is 23.8. The molecule has 3 N–H and O–H groups in total. The summed E-state index contributed by atoms with van der Waals surface area (Å²) >= 11 is 1.60. The third kappa shape index (κ3) is 3.64. The number of anilines is 1. The monoisotopic (exact) mass is 427 g/mol. The van der Waals surface area contributed by atoms with Crippen molar-refractivity contribution in [2.24, 2.45) is 0 Å². The first-order chi connectivity index (χ1) is 15.1. The van der Waals surface area contributed by atoms with Crippen LogP contribution in [0.2, 0.25) is 0 Å². The van der Waals surface area contributed by atoms with E-state index >= 15 is 0 Å². The van der Waals surface area contributed by atoms with Gasteiger partial charge in [0, 0.05) is 4.88 Å². The van der Waals surface area contributed by atoms with Crippen molar-refractivity contribution in [1.29, 1.82) is 0 Å². The molecule has 0 fully saturated rings. The molecule has 2 aromatic carbocycles. The van der Waals surface area contributed by atoms with Crippen LogP contribution < -0.4 is 11.1 Å². The summed E-state index contributed by atoms with van der Waals surface area (Å²) in [5.74, 6) is 0.123. The molecular formula is C24H21N5OS. The van der Waals surface area contributed by atoms with Crippen molar-refractivity contribution in [2.45, 2.75) is 20.0 Å². The second-order valence-corrected chi connectivity index (χ2v) is 8.51. The van der Waals surface area contributed by atoms with E-state index in [1.165, 1.54) is 5.56 Å². The zero-order valence-corrected chi connectivity index (χ0v) is 17.8. The number of aromatic nitrogens is 3. The predicted molar refractivity (Wildman–Crippen MR) is 125 cm³/mol. The van der Waals surface area contributed by atoms with E-state index in [9.17, 15) is 4.79 Å². The Labute approximate surface area is 183 Å². The van der Waals surface area contributed by atoms with Gasteiger partial charge in [-0.3, -0.25) is 4.79 Å². The number of carbonyl (C=O) groups is 1. The van der Waals surface area contributed by atoms with Gasteiger partial charge in [-0.05, 0) is 36.1 Å². The molecule has 5 rings (SSSR count). The number of hydrogen-bond acceptors (Lipinski definition) is 5. The van der Waals surface area contributed by atoms with Gasteiger partial charge in [-0.15, -0.1) is 11.3 Å². The highest BCUT2D eigenvalue weighted by molar-refractivity contribution is 7.09. The molecule has 5 aromatic rings. The van der Waals surface area contributed by atoms with Gasteiger partial charge in [0.1, 0.15) is 16.9 Å². The lowest BCUT2D eigenvalue weighted by molar-refractivity contribution is 0.0953. The molecule has 154 valence electrons. The summed E-state index contributed by atoms with van der Waals surface area (Å²) in [6.45, 7) is 3.01. The van der Waals surface area contributed by atoms with E-state index in [1.807, 2.05) is 46.3 Å². The van der Waals surface area contributed by atoms with Gasteiger partial charge in [0.2, 0.25) is 0 Å². The van der Waals surface area contributed by atoms with E-state index in [2.05, 4.69) is 36.5 Å². The number of carbonyl (C=O) groups excluding carboxylic acids is 1. The summed E-state index contributed by atoms with van der Waals surface area (Å²) in [7, 11) is 0. The minimum Gasteiger partial charge on any atom is -0.384 e. The molecule has 3 heterocycles. The van der Waals surface area contributed by atoms with Gasteiger partial charge in [-0.25, -0.2) is 9.97 Å². The summed E-state index contributed by atoms with van der Waals surface area (Å²) in [5, 5.41) is 4.96. The van der Waals surface area contributed by atoms with Crippen molar-refractivity contribution >= 4 is 45.3 Å². The highest BCUT2D eigenvalue weighted by atomic mass is 32.1. The van der Waals surface area contributed by atoms with Crippen LogP contribution >= 0.6 is 11.3 Å². The fraction of sp³-hybridized carbons (Fsp3) is 0.125. The number of hydrogen-bond donors (Lipinski definition) is 2. The van der Waals surface area contributed by atoms with Gasteiger partial charge >= 0.3 is 0 Å². The normalized spacial score (nSPS) is 11.3. The molecule has 7 heteroatoms. The average Bonchev–Trinajstić information content (AvgIpc) is 3.39. The number of aryl methyl sites for hydroxylation is 1. The Balaban J connectivity index is 1.62. The molecule has 0 bridgehead atoms. The molecule has 3 aromatic heterocycles. The van der Waals surface area contributed by atoms with Crippen molar-refractivity contribution in [3.05, 3.63) is 87.6 Å². The zero-order chi connectivity index (χ0) is 21.4.